The Morgan fingerprint density at radius 1 is 1.26 bits per heavy atom. The van der Waals surface area contributed by atoms with Gasteiger partial charge in [0.2, 0.25) is 0 Å². The number of hydrogen-bond acceptors (Lipinski definition) is 4. The van der Waals surface area contributed by atoms with Gasteiger partial charge in [-0.25, -0.2) is 4.98 Å². The number of imidazole rings is 1. The van der Waals surface area contributed by atoms with E-state index < -0.39 is 0 Å². The first kappa shape index (κ1) is 16.5. The van der Waals surface area contributed by atoms with Crippen LogP contribution in [0.4, 0.5) is 0 Å². The van der Waals surface area contributed by atoms with Crippen molar-refractivity contribution < 1.29 is 4.74 Å². The monoisotopic (exact) mass is 337 g/mol. The van der Waals surface area contributed by atoms with Crippen LogP contribution in [0, 0.1) is 0 Å². The highest BCUT2D eigenvalue weighted by atomic mass is 35.5. The third-order valence-corrected chi connectivity index (χ3v) is 4.68. The zero-order valence-electron chi connectivity index (χ0n) is 13.6. The number of methoxy groups -OCH3 is 1. The van der Waals surface area contributed by atoms with Crippen LogP contribution in [0.1, 0.15) is 24.6 Å². The largest absolute Gasteiger partial charge is 0.383 e. The molecule has 0 spiro atoms. The lowest BCUT2D eigenvalue weighted by Gasteiger charge is -2.31. The molecule has 0 bridgehead atoms. The quantitative estimate of drug-likeness (QED) is 0.777. The number of rotatable bonds is 7. The minimum absolute atomic E-state index is 0.553. The molecule has 2 aromatic rings. The number of piperidine rings is 1. The number of nitrogens with zero attached hydrogens (tertiary/aromatic N) is 5. The number of likely N-dealkylation sites (tertiary alicyclic amines) is 1. The van der Waals surface area contributed by atoms with Crippen molar-refractivity contribution in [2.45, 2.75) is 31.8 Å². The first-order valence-electron chi connectivity index (χ1n) is 8.16. The highest BCUT2D eigenvalue weighted by Crippen LogP contribution is 2.26. The molecule has 1 saturated heterocycles. The Labute approximate surface area is 142 Å². The fourth-order valence-corrected chi connectivity index (χ4v) is 3.33. The fraction of sp³-hybridized carbons (Fsp3) is 0.625. The summed E-state index contributed by atoms with van der Waals surface area (Å²) in [5.74, 6) is 1.76. The summed E-state index contributed by atoms with van der Waals surface area (Å²) >= 11 is 5.89. The van der Waals surface area contributed by atoms with Crippen molar-refractivity contribution in [1.29, 1.82) is 0 Å². The van der Waals surface area contributed by atoms with Gasteiger partial charge >= 0.3 is 0 Å². The zero-order chi connectivity index (χ0) is 16.1. The molecule has 1 fully saturated rings. The van der Waals surface area contributed by atoms with Gasteiger partial charge in [0.15, 0.2) is 0 Å². The third-order valence-electron chi connectivity index (χ3n) is 4.48. The standard InChI is InChI=1S/C16H24ClN5O/c1-23-11-10-21-7-4-18-16(21)14-2-5-20(6-3-14)8-9-22-13-15(17)12-19-22/h4,7,12-14H,2-3,5-6,8-11H2,1H3. The summed E-state index contributed by atoms with van der Waals surface area (Å²) in [6.07, 6.45) is 9.84. The smallest absolute Gasteiger partial charge is 0.111 e. The molecule has 1 aliphatic rings. The SMILES string of the molecule is COCCn1ccnc1C1CCN(CCn2cc(Cl)cn2)CC1. The minimum atomic E-state index is 0.553. The molecule has 0 aromatic carbocycles. The van der Waals surface area contributed by atoms with E-state index in [9.17, 15) is 0 Å². The van der Waals surface area contributed by atoms with Crippen molar-refractivity contribution in [2.24, 2.45) is 0 Å². The average Bonchev–Trinajstić information content (AvgIpc) is 3.20. The van der Waals surface area contributed by atoms with Crippen molar-refractivity contribution in [1.82, 2.24) is 24.2 Å². The average molecular weight is 338 g/mol. The van der Waals surface area contributed by atoms with Gasteiger partial charge in [0.25, 0.3) is 0 Å². The van der Waals surface area contributed by atoms with Crippen LogP contribution >= 0.6 is 11.6 Å². The Bertz CT molecular complexity index is 603. The van der Waals surface area contributed by atoms with Crippen molar-refractivity contribution in [2.75, 3.05) is 33.4 Å². The van der Waals surface area contributed by atoms with E-state index in [-0.39, 0.29) is 0 Å². The lowest BCUT2D eigenvalue weighted by atomic mass is 9.96. The summed E-state index contributed by atoms with van der Waals surface area (Å²) in [6, 6.07) is 0. The lowest BCUT2D eigenvalue weighted by molar-refractivity contribution is 0.180. The van der Waals surface area contributed by atoms with Crippen LogP contribution < -0.4 is 0 Å². The van der Waals surface area contributed by atoms with E-state index in [0.29, 0.717) is 10.9 Å². The second-order valence-electron chi connectivity index (χ2n) is 6.01. The van der Waals surface area contributed by atoms with E-state index in [1.54, 1.807) is 13.3 Å². The highest BCUT2D eigenvalue weighted by Gasteiger charge is 2.23. The van der Waals surface area contributed by atoms with Crippen LogP contribution in [0.15, 0.2) is 24.8 Å². The maximum atomic E-state index is 5.89. The highest BCUT2D eigenvalue weighted by molar-refractivity contribution is 6.30. The van der Waals surface area contributed by atoms with E-state index in [4.69, 9.17) is 16.3 Å². The molecule has 0 saturated carbocycles. The van der Waals surface area contributed by atoms with Crippen LogP contribution in [-0.2, 0) is 17.8 Å². The Kier molecular flexibility index (Phi) is 5.70. The van der Waals surface area contributed by atoms with E-state index in [2.05, 4.69) is 25.7 Å². The van der Waals surface area contributed by atoms with E-state index in [1.807, 2.05) is 17.1 Å². The van der Waals surface area contributed by atoms with Crippen molar-refractivity contribution >= 4 is 11.6 Å². The van der Waals surface area contributed by atoms with Gasteiger partial charge in [-0.2, -0.15) is 5.10 Å². The number of ether oxygens (including phenoxy) is 1. The van der Waals surface area contributed by atoms with Crippen LogP contribution in [-0.4, -0.2) is 57.6 Å². The van der Waals surface area contributed by atoms with Gasteiger partial charge in [-0.1, -0.05) is 11.6 Å². The van der Waals surface area contributed by atoms with Crippen LogP contribution in [0.3, 0.4) is 0 Å². The number of aromatic nitrogens is 4. The molecular weight excluding hydrogens is 314 g/mol. The second kappa shape index (κ2) is 7.95. The van der Waals surface area contributed by atoms with E-state index in [0.717, 1.165) is 52.2 Å². The van der Waals surface area contributed by atoms with Crippen molar-refractivity contribution in [3.05, 3.63) is 35.6 Å². The Morgan fingerprint density at radius 2 is 2.09 bits per heavy atom. The summed E-state index contributed by atoms with van der Waals surface area (Å²) in [5.41, 5.74) is 0. The Morgan fingerprint density at radius 3 is 2.78 bits per heavy atom. The first-order chi connectivity index (χ1) is 11.3. The molecule has 0 amide bonds. The molecule has 0 radical (unpaired) electrons. The van der Waals surface area contributed by atoms with Gasteiger partial charge in [-0.15, -0.1) is 0 Å². The van der Waals surface area contributed by atoms with Gasteiger partial charge in [0.1, 0.15) is 5.82 Å². The topological polar surface area (TPSA) is 48.1 Å². The minimum Gasteiger partial charge on any atom is -0.383 e. The predicted octanol–water partition coefficient (Wildman–Crippen LogP) is 2.26. The molecule has 3 rings (SSSR count). The molecule has 0 atom stereocenters. The van der Waals surface area contributed by atoms with Crippen molar-refractivity contribution in [3.63, 3.8) is 0 Å². The molecule has 0 N–H and O–H groups in total. The van der Waals surface area contributed by atoms with Crippen LogP contribution in [0.25, 0.3) is 0 Å². The van der Waals surface area contributed by atoms with Gasteiger partial charge in [0, 0.05) is 44.7 Å². The Balaban J connectivity index is 1.47. The first-order valence-corrected chi connectivity index (χ1v) is 8.54. The number of hydrogen-bond donors (Lipinski definition) is 0. The normalized spacial score (nSPS) is 17.0. The summed E-state index contributed by atoms with van der Waals surface area (Å²) in [6.45, 7) is 5.73. The molecular formula is C16H24ClN5O. The molecule has 23 heavy (non-hydrogen) atoms. The van der Waals surface area contributed by atoms with Crippen molar-refractivity contribution in [3.8, 4) is 0 Å². The maximum absolute atomic E-state index is 5.89. The number of halogens is 1. The molecule has 1 aliphatic heterocycles. The van der Waals surface area contributed by atoms with E-state index >= 15 is 0 Å². The summed E-state index contributed by atoms with van der Waals surface area (Å²) in [4.78, 5) is 7.07. The fourth-order valence-electron chi connectivity index (χ4n) is 3.18. The molecule has 0 unspecified atom stereocenters. The second-order valence-corrected chi connectivity index (χ2v) is 6.45. The van der Waals surface area contributed by atoms with Gasteiger partial charge in [-0.05, 0) is 25.9 Å². The molecule has 6 nitrogen and oxygen atoms in total. The molecule has 126 valence electrons. The predicted molar refractivity (Wildman–Crippen MR) is 89.8 cm³/mol. The van der Waals surface area contributed by atoms with Gasteiger partial charge in [-0.3, -0.25) is 4.68 Å². The Hall–Kier alpha value is -1.37. The summed E-state index contributed by atoms with van der Waals surface area (Å²) < 4.78 is 9.32. The summed E-state index contributed by atoms with van der Waals surface area (Å²) in [7, 11) is 1.74. The van der Waals surface area contributed by atoms with Gasteiger partial charge in [0.05, 0.1) is 24.4 Å². The molecule has 3 heterocycles. The van der Waals surface area contributed by atoms with E-state index in [1.165, 1.54) is 5.82 Å². The molecule has 0 aliphatic carbocycles. The van der Waals surface area contributed by atoms with Crippen LogP contribution in [0.5, 0.6) is 0 Å². The summed E-state index contributed by atoms with van der Waals surface area (Å²) in [5, 5.41) is 4.93. The van der Waals surface area contributed by atoms with Crippen LogP contribution in [0.2, 0.25) is 5.02 Å². The zero-order valence-corrected chi connectivity index (χ0v) is 14.3. The molecule has 2 aromatic heterocycles. The lowest BCUT2D eigenvalue weighted by Crippen LogP contribution is -2.36. The maximum Gasteiger partial charge on any atom is 0.111 e. The third kappa shape index (κ3) is 4.34. The van der Waals surface area contributed by atoms with Gasteiger partial charge < -0.3 is 14.2 Å². The molecule has 7 heteroatoms.